The number of alkyl halides is 3. The van der Waals surface area contributed by atoms with Crippen LogP contribution in [0, 0.1) is 5.92 Å². The van der Waals surface area contributed by atoms with Gasteiger partial charge in [-0.3, -0.25) is 9.48 Å². The Morgan fingerprint density at radius 1 is 1.43 bits per heavy atom. The van der Waals surface area contributed by atoms with E-state index in [1.165, 1.54) is 0 Å². The van der Waals surface area contributed by atoms with Gasteiger partial charge in [0.2, 0.25) is 5.91 Å². The Bertz CT molecular complexity index is 487. The van der Waals surface area contributed by atoms with Gasteiger partial charge in [0, 0.05) is 18.7 Å². The van der Waals surface area contributed by atoms with Gasteiger partial charge in [-0.25, -0.2) is 0 Å². The van der Waals surface area contributed by atoms with E-state index >= 15 is 0 Å². The van der Waals surface area contributed by atoms with Crippen molar-refractivity contribution in [3.05, 3.63) is 18.0 Å². The highest BCUT2D eigenvalue weighted by Gasteiger charge is 2.33. The first-order valence-electron chi connectivity index (χ1n) is 6.91. The van der Waals surface area contributed by atoms with E-state index in [9.17, 15) is 23.1 Å². The number of rotatable bonds is 4. The van der Waals surface area contributed by atoms with Gasteiger partial charge >= 0.3 is 6.18 Å². The Morgan fingerprint density at radius 2 is 2.14 bits per heavy atom. The fourth-order valence-corrected chi connectivity index (χ4v) is 2.48. The molecule has 2 atom stereocenters. The second kappa shape index (κ2) is 6.46. The maximum Gasteiger partial charge on any atom is 0.435 e. The molecule has 1 heterocycles. The normalized spacial score (nSPS) is 23.0. The number of hydrogen-bond donors (Lipinski definition) is 2. The summed E-state index contributed by atoms with van der Waals surface area (Å²) in [6.45, 7) is 0.0757. The summed E-state index contributed by atoms with van der Waals surface area (Å²) >= 11 is 0. The summed E-state index contributed by atoms with van der Waals surface area (Å²) in [4.78, 5) is 11.7. The fourth-order valence-electron chi connectivity index (χ4n) is 2.48. The topological polar surface area (TPSA) is 67.2 Å². The van der Waals surface area contributed by atoms with Crippen LogP contribution in [0.1, 0.15) is 31.4 Å². The van der Waals surface area contributed by atoms with E-state index in [-0.39, 0.29) is 12.5 Å². The van der Waals surface area contributed by atoms with Crippen molar-refractivity contribution in [3.63, 3.8) is 0 Å². The van der Waals surface area contributed by atoms with Crippen LogP contribution >= 0.6 is 0 Å². The van der Waals surface area contributed by atoms with Gasteiger partial charge in [-0.1, -0.05) is 12.8 Å². The molecule has 1 aromatic rings. The van der Waals surface area contributed by atoms with E-state index in [0.29, 0.717) is 6.54 Å². The lowest BCUT2D eigenvalue weighted by Gasteiger charge is -2.27. The van der Waals surface area contributed by atoms with Gasteiger partial charge in [-0.05, 0) is 18.9 Å². The largest absolute Gasteiger partial charge is 0.435 e. The number of nitrogens with zero attached hydrogens (tertiary/aromatic N) is 2. The molecule has 0 radical (unpaired) electrons. The molecule has 1 aliphatic carbocycles. The summed E-state index contributed by atoms with van der Waals surface area (Å²) in [7, 11) is 0. The van der Waals surface area contributed by atoms with Crippen molar-refractivity contribution in [3.8, 4) is 0 Å². The summed E-state index contributed by atoms with van der Waals surface area (Å²) in [5.74, 6) is -0.393. The summed E-state index contributed by atoms with van der Waals surface area (Å²) in [6, 6.07) is 0.832. The average Bonchev–Trinajstić information content (AvgIpc) is 2.86. The molecule has 1 amide bonds. The van der Waals surface area contributed by atoms with E-state index in [1.54, 1.807) is 0 Å². The highest BCUT2D eigenvalue weighted by molar-refractivity contribution is 5.75. The monoisotopic (exact) mass is 305 g/mol. The van der Waals surface area contributed by atoms with Crippen molar-refractivity contribution in [2.45, 2.75) is 44.5 Å². The van der Waals surface area contributed by atoms with Gasteiger partial charge in [-0.15, -0.1) is 0 Å². The summed E-state index contributed by atoms with van der Waals surface area (Å²) < 4.78 is 38.1. The van der Waals surface area contributed by atoms with Crippen molar-refractivity contribution in [1.29, 1.82) is 0 Å². The standard InChI is InChI=1S/C13H18F3N3O2/c14-13(15,16)11-5-6-19(18-11)8-12(21)17-7-9-3-1-2-4-10(9)20/h5-6,9-10,20H,1-4,7-8H2,(H,17,21). The molecule has 0 aromatic carbocycles. The van der Waals surface area contributed by atoms with Crippen LogP contribution in [-0.2, 0) is 17.5 Å². The van der Waals surface area contributed by atoms with Crippen molar-refractivity contribution in [2.75, 3.05) is 6.54 Å². The fraction of sp³-hybridized carbons (Fsp3) is 0.692. The smallest absolute Gasteiger partial charge is 0.393 e. The van der Waals surface area contributed by atoms with Crippen molar-refractivity contribution in [1.82, 2.24) is 15.1 Å². The first kappa shape index (κ1) is 15.8. The molecule has 5 nitrogen and oxygen atoms in total. The maximum absolute atomic E-state index is 12.4. The van der Waals surface area contributed by atoms with Crippen LogP contribution in [0.15, 0.2) is 12.3 Å². The molecule has 21 heavy (non-hydrogen) atoms. The third-order valence-electron chi connectivity index (χ3n) is 3.67. The number of aliphatic hydroxyl groups is 1. The van der Waals surface area contributed by atoms with Gasteiger partial charge < -0.3 is 10.4 Å². The quantitative estimate of drug-likeness (QED) is 0.887. The lowest BCUT2D eigenvalue weighted by atomic mass is 9.86. The third-order valence-corrected chi connectivity index (χ3v) is 3.67. The number of hydrogen-bond acceptors (Lipinski definition) is 3. The minimum Gasteiger partial charge on any atom is -0.393 e. The van der Waals surface area contributed by atoms with Gasteiger partial charge in [0.1, 0.15) is 6.54 Å². The molecule has 2 unspecified atom stereocenters. The summed E-state index contributed by atoms with van der Waals surface area (Å²) in [5.41, 5.74) is -1.02. The van der Waals surface area contributed by atoms with Crippen LogP contribution < -0.4 is 5.32 Å². The van der Waals surface area contributed by atoms with E-state index < -0.39 is 23.9 Å². The van der Waals surface area contributed by atoms with Crippen LogP contribution in [0.25, 0.3) is 0 Å². The molecule has 1 aromatic heterocycles. The second-order valence-corrected chi connectivity index (χ2v) is 5.31. The Labute approximate surface area is 120 Å². The zero-order chi connectivity index (χ0) is 15.5. The Morgan fingerprint density at radius 3 is 2.76 bits per heavy atom. The molecule has 0 saturated heterocycles. The number of carbonyl (C=O) groups excluding carboxylic acids is 1. The second-order valence-electron chi connectivity index (χ2n) is 5.31. The molecule has 0 aliphatic heterocycles. The molecule has 1 aliphatic rings. The molecule has 1 saturated carbocycles. The molecule has 8 heteroatoms. The summed E-state index contributed by atoms with van der Waals surface area (Å²) in [6.07, 6.45) is -0.215. The number of amides is 1. The Kier molecular flexibility index (Phi) is 4.87. The third kappa shape index (κ3) is 4.45. The number of aliphatic hydroxyl groups excluding tert-OH is 1. The predicted molar refractivity (Wildman–Crippen MR) is 68.2 cm³/mol. The molecule has 118 valence electrons. The predicted octanol–water partition coefficient (Wildman–Crippen LogP) is 1.57. The van der Waals surface area contributed by atoms with Crippen LogP contribution in [0.5, 0.6) is 0 Å². The van der Waals surface area contributed by atoms with E-state index in [1.807, 2.05) is 0 Å². The van der Waals surface area contributed by atoms with Gasteiger partial charge in [-0.2, -0.15) is 18.3 Å². The zero-order valence-electron chi connectivity index (χ0n) is 11.4. The molecular formula is C13H18F3N3O2. The average molecular weight is 305 g/mol. The number of aromatic nitrogens is 2. The summed E-state index contributed by atoms with van der Waals surface area (Å²) in [5, 5.41) is 15.7. The van der Waals surface area contributed by atoms with Gasteiger partial charge in [0.25, 0.3) is 0 Å². The van der Waals surface area contributed by atoms with Gasteiger partial charge in [0.15, 0.2) is 5.69 Å². The van der Waals surface area contributed by atoms with Crippen LogP contribution in [0.3, 0.4) is 0 Å². The Hall–Kier alpha value is -1.57. The van der Waals surface area contributed by atoms with Crippen LogP contribution in [0.2, 0.25) is 0 Å². The van der Waals surface area contributed by atoms with Crippen molar-refractivity contribution >= 4 is 5.91 Å². The molecule has 0 bridgehead atoms. The first-order valence-corrected chi connectivity index (χ1v) is 6.91. The van der Waals surface area contributed by atoms with Crippen molar-refractivity contribution in [2.24, 2.45) is 5.92 Å². The zero-order valence-corrected chi connectivity index (χ0v) is 11.4. The lowest BCUT2D eigenvalue weighted by Crippen LogP contribution is -2.38. The minimum atomic E-state index is -4.51. The SMILES string of the molecule is O=C(Cn1ccc(C(F)(F)F)n1)NCC1CCCCC1O. The lowest BCUT2D eigenvalue weighted by molar-refractivity contribution is -0.141. The van der Waals surface area contributed by atoms with E-state index in [0.717, 1.165) is 42.6 Å². The van der Waals surface area contributed by atoms with Crippen molar-refractivity contribution < 1.29 is 23.1 Å². The molecule has 2 N–H and O–H groups in total. The highest BCUT2D eigenvalue weighted by Crippen LogP contribution is 2.27. The first-order chi connectivity index (χ1) is 9.86. The minimum absolute atomic E-state index is 0.0195. The van der Waals surface area contributed by atoms with E-state index in [4.69, 9.17) is 0 Å². The molecular weight excluding hydrogens is 287 g/mol. The van der Waals surface area contributed by atoms with Crippen LogP contribution in [0.4, 0.5) is 13.2 Å². The van der Waals surface area contributed by atoms with Gasteiger partial charge in [0.05, 0.1) is 6.10 Å². The maximum atomic E-state index is 12.4. The number of nitrogens with one attached hydrogen (secondary N) is 1. The molecule has 0 spiro atoms. The number of carbonyl (C=O) groups is 1. The highest BCUT2D eigenvalue weighted by atomic mass is 19.4. The molecule has 1 fully saturated rings. The number of halogens is 3. The van der Waals surface area contributed by atoms with E-state index in [2.05, 4.69) is 10.4 Å². The Balaban J connectivity index is 1.80. The molecule has 2 rings (SSSR count). The van der Waals surface area contributed by atoms with Crippen LogP contribution in [-0.4, -0.2) is 33.4 Å².